The van der Waals surface area contributed by atoms with Gasteiger partial charge in [0, 0.05) is 11.6 Å². The maximum absolute atomic E-state index is 13.8. The molecule has 0 unspecified atom stereocenters. The molecule has 0 saturated heterocycles. The van der Waals surface area contributed by atoms with Gasteiger partial charge in [-0.25, -0.2) is 4.39 Å². The molecule has 5 nitrogen and oxygen atoms in total. The number of carbonyl (C=O) groups is 1. The molecule has 26 heavy (non-hydrogen) atoms. The van der Waals surface area contributed by atoms with Gasteiger partial charge in [-0.05, 0) is 30.7 Å². The van der Waals surface area contributed by atoms with Crippen LogP contribution in [0.5, 0.6) is 0 Å². The summed E-state index contributed by atoms with van der Waals surface area (Å²) in [5.74, 6) is -0.562. The monoisotopic (exact) mass is 391 g/mol. The van der Waals surface area contributed by atoms with Crippen LogP contribution < -0.4 is 5.32 Å². The number of benzene rings is 2. The molecule has 0 bridgehead atoms. The van der Waals surface area contributed by atoms with E-state index < -0.39 is 11.1 Å². The van der Waals surface area contributed by atoms with Crippen LogP contribution in [-0.4, -0.2) is 21.4 Å². The Morgan fingerprint density at radius 1 is 1.23 bits per heavy atom. The predicted octanol–water partition coefficient (Wildman–Crippen LogP) is 4.33. The quantitative estimate of drug-likeness (QED) is 0.633. The first-order chi connectivity index (χ1) is 12.5. The van der Waals surface area contributed by atoms with Gasteiger partial charge in [0.25, 0.3) is 11.1 Å². The number of thioether (sulfide) groups is 1. The second-order valence-corrected chi connectivity index (χ2v) is 7.12. The zero-order chi connectivity index (χ0) is 18.5. The fraction of sp³-hybridized carbons (Fsp3) is 0.167. The molecule has 1 N–H and O–H groups in total. The molecule has 134 valence electrons. The molecule has 3 rings (SSSR count). The van der Waals surface area contributed by atoms with Crippen molar-refractivity contribution in [3.63, 3.8) is 0 Å². The Bertz CT molecular complexity index is 919. The number of rotatable bonds is 6. The average Bonchev–Trinajstić information content (AvgIpc) is 3.09. The molecule has 2 aromatic carbocycles. The van der Waals surface area contributed by atoms with Crippen molar-refractivity contribution < 1.29 is 13.6 Å². The average molecular weight is 392 g/mol. The van der Waals surface area contributed by atoms with Gasteiger partial charge in [0.15, 0.2) is 0 Å². The van der Waals surface area contributed by atoms with Gasteiger partial charge in [0.1, 0.15) is 5.82 Å². The molecular weight excluding hydrogens is 377 g/mol. The number of carbonyl (C=O) groups excluding carboxylic acids is 1. The summed E-state index contributed by atoms with van der Waals surface area (Å²) in [6, 6.07) is 13.4. The summed E-state index contributed by atoms with van der Waals surface area (Å²) in [5.41, 5.74) is 1.06. The standard InChI is InChI=1S/C18H15ClFN3O2S/c1-11(16(24)21-10-12-6-2-4-8-14(12)19)26-18-23-22-17(25-18)13-7-3-5-9-15(13)20/h2-9,11H,10H2,1H3,(H,21,24)/t11-/m0/s1. The summed E-state index contributed by atoms with van der Waals surface area (Å²) in [5, 5.41) is 10.8. The Hall–Kier alpha value is -2.38. The number of hydrogen-bond acceptors (Lipinski definition) is 5. The van der Waals surface area contributed by atoms with Gasteiger partial charge in [0.2, 0.25) is 5.91 Å². The Morgan fingerprint density at radius 2 is 1.96 bits per heavy atom. The molecular formula is C18H15ClFN3O2S. The van der Waals surface area contributed by atoms with E-state index in [1.54, 1.807) is 31.2 Å². The van der Waals surface area contributed by atoms with Crippen molar-refractivity contribution in [3.05, 3.63) is 64.9 Å². The van der Waals surface area contributed by atoms with Gasteiger partial charge in [-0.1, -0.05) is 53.7 Å². The molecule has 3 aromatic rings. The molecule has 0 aliphatic carbocycles. The fourth-order valence-corrected chi connectivity index (χ4v) is 3.08. The van der Waals surface area contributed by atoms with Crippen molar-refractivity contribution in [2.24, 2.45) is 0 Å². The zero-order valence-electron chi connectivity index (χ0n) is 13.8. The number of nitrogens with zero attached hydrogens (tertiary/aromatic N) is 2. The Kier molecular flexibility index (Phi) is 5.90. The van der Waals surface area contributed by atoms with Gasteiger partial charge in [-0.3, -0.25) is 4.79 Å². The normalized spacial score (nSPS) is 12.0. The third kappa shape index (κ3) is 4.42. The predicted molar refractivity (Wildman–Crippen MR) is 98.3 cm³/mol. The lowest BCUT2D eigenvalue weighted by atomic mass is 10.2. The summed E-state index contributed by atoms with van der Waals surface area (Å²) in [4.78, 5) is 12.2. The van der Waals surface area contributed by atoms with Crippen LogP contribution in [0.25, 0.3) is 11.5 Å². The SMILES string of the molecule is C[C@H](Sc1nnc(-c2ccccc2F)o1)C(=O)NCc1ccccc1Cl. The van der Waals surface area contributed by atoms with Gasteiger partial charge < -0.3 is 9.73 Å². The van der Waals surface area contributed by atoms with Gasteiger partial charge >= 0.3 is 0 Å². The summed E-state index contributed by atoms with van der Waals surface area (Å²) in [7, 11) is 0. The molecule has 1 aromatic heterocycles. The fourth-order valence-electron chi connectivity index (χ4n) is 2.17. The molecule has 1 heterocycles. The highest BCUT2D eigenvalue weighted by atomic mass is 35.5. The van der Waals surface area contributed by atoms with E-state index in [1.165, 1.54) is 6.07 Å². The smallest absolute Gasteiger partial charge is 0.277 e. The third-order valence-electron chi connectivity index (χ3n) is 3.57. The van der Waals surface area contributed by atoms with E-state index in [0.717, 1.165) is 17.3 Å². The second kappa shape index (κ2) is 8.33. The lowest BCUT2D eigenvalue weighted by Crippen LogP contribution is -2.30. The van der Waals surface area contributed by atoms with E-state index in [4.69, 9.17) is 16.0 Å². The van der Waals surface area contributed by atoms with Crippen molar-refractivity contribution in [2.75, 3.05) is 0 Å². The van der Waals surface area contributed by atoms with E-state index in [1.807, 2.05) is 18.2 Å². The maximum Gasteiger partial charge on any atom is 0.277 e. The molecule has 1 atom stereocenters. The van der Waals surface area contributed by atoms with Crippen molar-refractivity contribution in [2.45, 2.75) is 23.9 Å². The van der Waals surface area contributed by atoms with E-state index in [0.29, 0.717) is 11.6 Å². The Balaban J connectivity index is 1.59. The van der Waals surface area contributed by atoms with Crippen molar-refractivity contribution in [1.29, 1.82) is 0 Å². The number of amides is 1. The van der Waals surface area contributed by atoms with Gasteiger partial charge in [-0.15, -0.1) is 10.2 Å². The Labute approximate surface area is 159 Å². The lowest BCUT2D eigenvalue weighted by molar-refractivity contribution is -0.120. The van der Waals surface area contributed by atoms with Crippen molar-refractivity contribution >= 4 is 29.3 Å². The van der Waals surface area contributed by atoms with E-state index in [-0.39, 0.29) is 22.6 Å². The van der Waals surface area contributed by atoms with Crippen LogP contribution in [-0.2, 0) is 11.3 Å². The molecule has 0 fully saturated rings. The summed E-state index contributed by atoms with van der Waals surface area (Å²) < 4.78 is 19.2. The third-order valence-corrected chi connectivity index (χ3v) is 4.87. The molecule has 0 radical (unpaired) electrons. The molecule has 8 heteroatoms. The first-order valence-electron chi connectivity index (χ1n) is 7.81. The molecule has 0 aliphatic rings. The van der Waals surface area contributed by atoms with Crippen LogP contribution in [0.4, 0.5) is 4.39 Å². The van der Waals surface area contributed by atoms with Crippen LogP contribution in [0.2, 0.25) is 5.02 Å². The summed E-state index contributed by atoms with van der Waals surface area (Å²) in [6.07, 6.45) is 0. The van der Waals surface area contributed by atoms with Crippen LogP contribution >= 0.6 is 23.4 Å². The molecule has 1 amide bonds. The number of aromatic nitrogens is 2. The van der Waals surface area contributed by atoms with Gasteiger partial charge in [-0.2, -0.15) is 0 Å². The van der Waals surface area contributed by atoms with Crippen LogP contribution in [0.1, 0.15) is 12.5 Å². The highest BCUT2D eigenvalue weighted by Gasteiger charge is 2.19. The summed E-state index contributed by atoms with van der Waals surface area (Å²) >= 11 is 7.17. The highest BCUT2D eigenvalue weighted by Crippen LogP contribution is 2.27. The number of hydrogen-bond donors (Lipinski definition) is 1. The maximum atomic E-state index is 13.8. The van der Waals surface area contributed by atoms with E-state index in [9.17, 15) is 9.18 Å². The molecule has 0 aliphatic heterocycles. The topological polar surface area (TPSA) is 68.0 Å². The number of nitrogens with one attached hydrogen (secondary N) is 1. The van der Waals surface area contributed by atoms with Crippen molar-refractivity contribution in [3.8, 4) is 11.5 Å². The molecule has 0 saturated carbocycles. The first kappa shape index (κ1) is 18.4. The lowest BCUT2D eigenvalue weighted by Gasteiger charge is -2.10. The summed E-state index contributed by atoms with van der Waals surface area (Å²) in [6.45, 7) is 2.05. The van der Waals surface area contributed by atoms with E-state index in [2.05, 4.69) is 15.5 Å². The minimum Gasteiger partial charge on any atom is -0.411 e. The Morgan fingerprint density at radius 3 is 2.73 bits per heavy atom. The van der Waals surface area contributed by atoms with Crippen LogP contribution in [0, 0.1) is 5.82 Å². The number of halogens is 2. The van der Waals surface area contributed by atoms with Crippen LogP contribution in [0.3, 0.4) is 0 Å². The van der Waals surface area contributed by atoms with Crippen LogP contribution in [0.15, 0.2) is 58.2 Å². The molecule has 0 spiro atoms. The largest absolute Gasteiger partial charge is 0.411 e. The first-order valence-corrected chi connectivity index (χ1v) is 9.06. The minimum atomic E-state index is -0.466. The zero-order valence-corrected chi connectivity index (χ0v) is 15.4. The highest BCUT2D eigenvalue weighted by molar-refractivity contribution is 8.00. The van der Waals surface area contributed by atoms with E-state index >= 15 is 0 Å². The minimum absolute atomic E-state index is 0.0780. The second-order valence-electron chi connectivity index (χ2n) is 5.42. The van der Waals surface area contributed by atoms with Gasteiger partial charge in [0.05, 0.1) is 10.8 Å². The van der Waals surface area contributed by atoms with Crippen molar-refractivity contribution in [1.82, 2.24) is 15.5 Å².